The molecule has 0 aliphatic carbocycles. The SMILES string of the molecule is Cc1cc(C(NN)C(C)C)sn1. The van der Waals surface area contributed by atoms with E-state index in [-0.39, 0.29) is 6.04 Å². The smallest absolute Gasteiger partial charge is 0.0592 e. The molecule has 0 aromatic carbocycles. The van der Waals surface area contributed by atoms with Gasteiger partial charge in [0.2, 0.25) is 0 Å². The lowest BCUT2D eigenvalue weighted by Crippen LogP contribution is -2.30. The Hall–Kier alpha value is -0.450. The van der Waals surface area contributed by atoms with E-state index in [2.05, 4.69) is 29.7 Å². The summed E-state index contributed by atoms with van der Waals surface area (Å²) < 4.78 is 4.21. The Morgan fingerprint density at radius 1 is 1.58 bits per heavy atom. The molecule has 0 saturated heterocycles. The fraction of sp³-hybridized carbons (Fsp3) is 0.625. The Bertz CT molecular complexity index is 244. The van der Waals surface area contributed by atoms with E-state index < -0.39 is 0 Å². The van der Waals surface area contributed by atoms with Crippen LogP contribution >= 0.6 is 11.5 Å². The van der Waals surface area contributed by atoms with Gasteiger partial charge in [-0.1, -0.05) is 13.8 Å². The first-order valence-electron chi connectivity index (χ1n) is 4.04. The Labute approximate surface area is 77.1 Å². The Morgan fingerprint density at radius 2 is 2.25 bits per heavy atom. The molecule has 4 heteroatoms. The number of aryl methyl sites for hydroxylation is 1. The number of nitrogens with zero attached hydrogens (tertiary/aromatic N) is 1. The van der Waals surface area contributed by atoms with Gasteiger partial charge in [0.25, 0.3) is 0 Å². The summed E-state index contributed by atoms with van der Waals surface area (Å²) >= 11 is 1.52. The summed E-state index contributed by atoms with van der Waals surface area (Å²) in [6.07, 6.45) is 0. The van der Waals surface area contributed by atoms with Crippen LogP contribution in [0.4, 0.5) is 0 Å². The molecule has 0 spiro atoms. The van der Waals surface area contributed by atoms with Gasteiger partial charge in [0.15, 0.2) is 0 Å². The highest BCUT2D eigenvalue weighted by Gasteiger charge is 2.15. The molecule has 0 amide bonds. The minimum absolute atomic E-state index is 0.233. The maximum Gasteiger partial charge on any atom is 0.0592 e. The fourth-order valence-electron chi connectivity index (χ4n) is 1.13. The van der Waals surface area contributed by atoms with Crippen LogP contribution in [0.1, 0.15) is 30.5 Å². The number of nitrogens with two attached hydrogens (primary N) is 1. The van der Waals surface area contributed by atoms with Crippen LogP contribution in [-0.4, -0.2) is 4.37 Å². The van der Waals surface area contributed by atoms with Crippen LogP contribution in [0.15, 0.2) is 6.07 Å². The summed E-state index contributed by atoms with van der Waals surface area (Å²) in [5.74, 6) is 5.94. The third kappa shape index (κ3) is 2.03. The zero-order valence-corrected chi connectivity index (χ0v) is 8.48. The van der Waals surface area contributed by atoms with Gasteiger partial charge < -0.3 is 0 Å². The summed E-state index contributed by atoms with van der Waals surface area (Å²) in [7, 11) is 0. The molecule has 0 fully saturated rings. The van der Waals surface area contributed by atoms with Crippen molar-refractivity contribution in [2.75, 3.05) is 0 Å². The van der Waals surface area contributed by atoms with Crippen LogP contribution in [0.25, 0.3) is 0 Å². The zero-order chi connectivity index (χ0) is 9.14. The number of rotatable bonds is 3. The average molecular weight is 185 g/mol. The van der Waals surface area contributed by atoms with Crippen LogP contribution in [0.3, 0.4) is 0 Å². The number of hydrogen-bond acceptors (Lipinski definition) is 4. The lowest BCUT2D eigenvalue weighted by atomic mass is 10.0. The van der Waals surface area contributed by atoms with Crippen molar-refractivity contribution in [3.05, 3.63) is 16.6 Å². The van der Waals surface area contributed by atoms with Crippen molar-refractivity contribution in [1.29, 1.82) is 0 Å². The molecule has 1 rings (SSSR count). The lowest BCUT2D eigenvalue weighted by Gasteiger charge is -2.17. The van der Waals surface area contributed by atoms with Crippen molar-refractivity contribution in [3.63, 3.8) is 0 Å². The molecule has 12 heavy (non-hydrogen) atoms. The highest BCUT2D eigenvalue weighted by atomic mass is 32.1. The van der Waals surface area contributed by atoms with E-state index in [0.717, 1.165) is 5.69 Å². The second-order valence-corrected chi connectivity index (χ2v) is 4.10. The van der Waals surface area contributed by atoms with E-state index in [9.17, 15) is 0 Å². The molecule has 3 nitrogen and oxygen atoms in total. The number of hydrogen-bond donors (Lipinski definition) is 2. The van der Waals surface area contributed by atoms with E-state index in [1.165, 1.54) is 16.4 Å². The topological polar surface area (TPSA) is 50.9 Å². The monoisotopic (exact) mass is 185 g/mol. The van der Waals surface area contributed by atoms with Crippen molar-refractivity contribution >= 4 is 11.5 Å². The van der Waals surface area contributed by atoms with E-state index in [0.29, 0.717) is 5.92 Å². The van der Waals surface area contributed by atoms with Gasteiger partial charge in [-0.3, -0.25) is 11.3 Å². The van der Waals surface area contributed by atoms with E-state index in [1.807, 2.05) is 6.92 Å². The van der Waals surface area contributed by atoms with Crippen molar-refractivity contribution in [3.8, 4) is 0 Å². The molecule has 0 saturated carbocycles. The van der Waals surface area contributed by atoms with E-state index in [4.69, 9.17) is 5.84 Å². The fourth-order valence-corrected chi connectivity index (χ4v) is 2.11. The highest BCUT2D eigenvalue weighted by Crippen LogP contribution is 2.24. The van der Waals surface area contributed by atoms with E-state index >= 15 is 0 Å². The van der Waals surface area contributed by atoms with Gasteiger partial charge in [0.05, 0.1) is 11.7 Å². The molecule has 1 aromatic heterocycles. The van der Waals surface area contributed by atoms with Crippen LogP contribution in [0.5, 0.6) is 0 Å². The quantitative estimate of drug-likeness (QED) is 0.555. The first-order valence-corrected chi connectivity index (χ1v) is 4.82. The highest BCUT2D eigenvalue weighted by molar-refractivity contribution is 7.05. The van der Waals surface area contributed by atoms with Gasteiger partial charge in [-0.2, -0.15) is 4.37 Å². The van der Waals surface area contributed by atoms with Crippen LogP contribution in [0, 0.1) is 12.8 Å². The molecular weight excluding hydrogens is 170 g/mol. The Kier molecular flexibility index (Phi) is 3.20. The van der Waals surface area contributed by atoms with Gasteiger partial charge in [0, 0.05) is 4.88 Å². The predicted molar refractivity (Wildman–Crippen MR) is 51.8 cm³/mol. The summed E-state index contributed by atoms with van der Waals surface area (Å²) in [4.78, 5) is 1.21. The van der Waals surface area contributed by atoms with Crippen molar-refractivity contribution in [2.45, 2.75) is 26.8 Å². The normalized spacial score (nSPS) is 13.8. The molecule has 1 heterocycles. The first kappa shape index (κ1) is 9.64. The zero-order valence-electron chi connectivity index (χ0n) is 7.66. The third-order valence-electron chi connectivity index (χ3n) is 1.80. The molecule has 1 aromatic rings. The molecule has 0 aliphatic rings. The van der Waals surface area contributed by atoms with Gasteiger partial charge in [0.1, 0.15) is 0 Å². The van der Waals surface area contributed by atoms with Crippen molar-refractivity contribution in [1.82, 2.24) is 9.80 Å². The van der Waals surface area contributed by atoms with Crippen LogP contribution in [-0.2, 0) is 0 Å². The van der Waals surface area contributed by atoms with Crippen LogP contribution < -0.4 is 11.3 Å². The maximum absolute atomic E-state index is 5.44. The predicted octanol–water partition coefficient (Wildman–Crippen LogP) is 1.61. The number of aromatic nitrogens is 1. The lowest BCUT2D eigenvalue weighted by molar-refractivity contribution is 0.427. The second kappa shape index (κ2) is 3.98. The summed E-state index contributed by atoms with van der Waals surface area (Å²) in [5, 5.41) is 0. The Balaban J connectivity index is 2.80. The van der Waals surface area contributed by atoms with Crippen LogP contribution in [0.2, 0.25) is 0 Å². The molecule has 68 valence electrons. The van der Waals surface area contributed by atoms with Gasteiger partial charge >= 0.3 is 0 Å². The average Bonchev–Trinajstić information content (AvgIpc) is 2.37. The molecular formula is C8H15N3S. The standard InChI is InChI=1S/C8H15N3S/c1-5(2)8(10-9)7-4-6(3)11-12-7/h4-5,8,10H,9H2,1-3H3. The molecule has 1 unspecified atom stereocenters. The molecule has 0 radical (unpaired) electrons. The second-order valence-electron chi connectivity index (χ2n) is 3.26. The summed E-state index contributed by atoms with van der Waals surface area (Å²) in [5.41, 5.74) is 3.87. The Morgan fingerprint density at radius 3 is 2.58 bits per heavy atom. The summed E-state index contributed by atoms with van der Waals surface area (Å²) in [6.45, 7) is 6.27. The number of hydrazine groups is 1. The summed E-state index contributed by atoms with van der Waals surface area (Å²) in [6, 6.07) is 2.31. The molecule has 0 bridgehead atoms. The van der Waals surface area contributed by atoms with Crippen molar-refractivity contribution < 1.29 is 0 Å². The largest absolute Gasteiger partial charge is 0.271 e. The first-order chi connectivity index (χ1) is 5.65. The molecule has 1 atom stereocenters. The van der Waals surface area contributed by atoms with Gasteiger partial charge in [-0.15, -0.1) is 0 Å². The van der Waals surface area contributed by atoms with Gasteiger partial charge in [-0.05, 0) is 30.4 Å². The van der Waals surface area contributed by atoms with Gasteiger partial charge in [-0.25, -0.2) is 0 Å². The van der Waals surface area contributed by atoms with E-state index in [1.54, 1.807) is 0 Å². The number of nitrogens with one attached hydrogen (secondary N) is 1. The van der Waals surface area contributed by atoms with Crippen molar-refractivity contribution in [2.24, 2.45) is 11.8 Å². The minimum atomic E-state index is 0.233. The third-order valence-corrected chi connectivity index (χ3v) is 2.76. The maximum atomic E-state index is 5.44. The molecule has 0 aliphatic heterocycles. The minimum Gasteiger partial charge on any atom is -0.271 e. The molecule has 3 N–H and O–H groups in total.